The van der Waals surface area contributed by atoms with Crippen molar-refractivity contribution < 1.29 is 54.1 Å². The summed E-state index contributed by atoms with van der Waals surface area (Å²) in [5.41, 5.74) is 0. The molecule has 2 aliphatic heterocycles. The summed E-state index contributed by atoms with van der Waals surface area (Å²) in [7, 11) is 1.19. The lowest BCUT2D eigenvalue weighted by Crippen LogP contribution is -2.66. The number of carboxylic acids is 1. The standard InChI is InChI=1S/C18H31NO11/c1-4-8-11(19-7(2)21)15(13(23)9(5-20)29-8)28-6-10-12(22)14(24)16(27-3)17(30-10)18(25)26/h8-17,20,22-24H,4-6H2,1-3H3,(H,19,21)(H,25,26)/t8-,9?,10-,11?,12?,13+,14-,15-,16-,17?/m0/s1. The number of aliphatic hydroxyl groups excluding tert-OH is 4. The number of carboxylic acid groups (broad SMARTS) is 1. The number of hydrogen-bond acceptors (Lipinski definition) is 10. The van der Waals surface area contributed by atoms with Gasteiger partial charge in [-0.1, -0.05) is 6.92 Å². The van der Waals surface area contributed by atoms with Crippen LogP contribution in [0.25, 0.3) is 0 Å². The second kappa shape index (κ2) is 10.8. The number of nitrogens with one attached hydrogen (secondary N) is 1. The van der Waals surface area contributed by atoms with Gasteiger partial charge in [0.15, 0.2) is 6.10 Å². The molecule has 30 heavy (non-hydrogen) atoms. The molecular formula is C18H31NO11. The van der Waals surface area contributed by atoms with Gasteiger partial charge >= 0.3 is 5.97 Å². The largest absolute Gasteiger partial charge is 0.479 e. The van der Waals surface area contributed by atoms with Crippen LogP contribution < -0.4 is 5.32 Å². The Hall–Kier alpha value is -1.38. The Morgan fingerprint density at radius 1 is 1.00 bits per heavy atom. The first-order chi connectivity index (χ1) is 14.2. The Kier molecular flexibility index (Phi) is 8.94. The maximum Gasteiger partial charge on any atom is 0.335 e. The van der Waals surface area contributed by atoms with Crippen molar-refractivity contribution in [3.05, 3.63) is 0 Å². The maximum absolute atomic E-state index is 11.6. The van der Waals surface area contributed by atoms with E-state index >= 15 is 0 Å². The lowest BCUT2D eigenvalue weighted by atomic mass is 9.90. The van der Waals surface area contributed by atoms with Crippen molar-refractivity contribution in [3.8, 4) is 0 Å². The summed E-state index contributed by atoms with van der Waals surface area (Å²) in [6.07, 6.45) is -10.6. The average molecular weight is 437 g/mol. The second-order valence-corrected chi connectivity index (χ2v) is 7.43. The van der Waals surface area contributed by atoms with E-state index in [-0.39, 0.29) is 5.91 Å². The molecule has 0 aromatic rings. The molecule has 2 aliphatic rings. The van der Waals surface area contributed by atoms with Crippen molar-refractivity contribution in [3.63, 3.8) is 0 Å². The van der Waals surface area contributed by atoms with E-state index in [9.17, 15) is 35.1 Å². The van der Waals surface area contributed by atoms with Crippen LogP contribution in [0.1, 0.15) is 20.3 Å². The Bertz CT molecular complexity index is 590. The zero-order chi connectivity index (χ0) is 22.6. The third-order valence-corrected chi connectivity index (χ3v) is 5.43. The van der Waals surface area contributed by atoms with Crippen LogP contribution >= 0.6 is 0 Å². The third kappa shape index (κ3) is 5.26. The molecule has 2 heterocycles. The molecule has 0 aromatic carbocycles. The van der Waals surface area contributed by atoms with Gasteiger partial charge in [0.1, 0.15) is 42.7 Å². The quantitative estimate of drug-likeness (QED) is 0.227. The van der Waals surface area contributed by atoms with E-state index in [1.807, 2.05) is 0 Å². The van der Waals surface area contributed by atoms with Gasteiger partial charge in [-0.15, -0.1) is 0 Å². The van der Waals surface area contributed by atoms with Gasteiger partial charge in [0.2, 0.25) is 5.91 Å². The number of carbonyl (C=O) groups is 2. The van der Waals surface area contributed by atoms with Gasteiger partial charge < -0.3 is 49.8 Å². The van der Waals surface area contributed by atoms with Gasteiger partial charge in [0, 0.05) is 14.0 Å². The molecule has 1 amide bonds. The van der Waals surface area contributed by atoms with Crippen molar-refractivity contribution in [1.29, 1.82) is 0 Å². The van der Waals surface area contributed by atoms with Crippen LogP contribution in [0.3, 0.4) is 0 Å². The van der Waals surface area contributed by atoms with Gasteiger partial charge in [0.05, 0.1) is 25.4 Å². The first-order valence-corrected chi connectivity index (χ1v) is 9.76. The van der Waals surface area contributed by atoms with Crippen LogP contribution in [0.4, 0.5) is 0 Å². The zero-order valence-electron chi connectivity index (χ0n) is 17.1. The molecule has 0 aliphatic carbocycles. The molecule has 12 heteroatoms. The molecule has 2 rings (SSSR count). The number of aliphatic hydroxyl groups is 4. The van der Waals surface area contributed by atoms with E-state index in [2.05, 4.69) is 5.32 Å². The monoisotopic (exact) mass is 437 g/mol. The van der Waals surface area contributed by atoms with Gasteiger partial charge in [-0.25, -0.2) is 4.79 Å². The second-order valence-electron chi connectivity index (χ2n) is 7.43. The van der Waals surface area contributed by atoms with Crippen LogP contribution in [0, 0.1) is 0 Å². The third-order valence-electron chi connectivity index (χ3n) is 5.43. The van der Waals surface area contributed by atoms with Crippen molar-refractivity contribution in [2.45, 2.75) is 81.2 Å². The highest BCUT2D eigenvalue weighted by Gasteiger charge is 2.50. The fraction of sp³-hybridized carbons (Fsp3) is 0.889. The molecule has 6 N–H and O–H groups in total. The molecule has 10 atom stereocenters. The minimum atomic E-state index is -1.54. The highest BCUT2D eigenvalue weighted by atomic mass is 16.6. The average Bonchev–Trinajstić information content (AvgIpc) is 2.70. The summed E-state index contributed by atoms with van der Waals surface area (Å²) in [5, 5.41) is 52.6. The first kappa shape index (κ1) is 24.9. The predicted molar refractivity (Wildman–Crippen MR) is 98.5 cm³/mol. The SMILES string of the molecule is CC[C@@H]1OC(CO)[C@@H](O)[C@@H](OC[C@@H]2OC(C(=O)O)[C@@H](OC)[C@@H](O)C2O)C1NC(C)=O. The van der Waals surface area contributed by atoms with E-state index in [1.165, 1.54) is 14.0 Å². The molecule has 174 valence electrons. The fourth-order valence-corrected chi connectivity index (χ4v) is 3.88. The zero-order valence-corrected chi connectivity index (χ0v) is 17.1. The van der Waals surface area contributed by atoms with E-state index in [1.54, 1.807) is 6.92 Å². The van der Waals surface area contributed by atoms with Crippen LogP contribution in [0.2, 0.25) is 0 Å². The van der Waals surface area contributed by atoms with Crippen LogP contribution in [-0.4, -0.2) is 119 Å². The van der Waals surface area contributed by atoms with Gasteiger partial charge in [-0.05, 0) is 6.42 Å². The van der Waals surface area contributed by atoms with Crippen LogP contribution in [0.15, 0.2) is 0 Å². The fourth-order valence-electron chi connectivity index (χ4n) is 3.88. The molecule has 2 saturated heterocycles. The van der Waals surface area contributed by atoms with Gasteiger partial charge in [0.25, 0.3) is 0 Å². The number of rotatable bonds is 8. The summed E-state index contributed by atoms with van der Waals surface area (Å²) in [6, 6.07) is -0.766. The van der Waals surface area contributed by atoms with E-state index in [0.29, 0.717) is 6.42 Å². The highest BCUT2D eigenvalue weighted by molar-refractivity contribution is 5.73. The smallest absolute Gasteiger partial charge is 0.335 e. The summed E-state index contributed by atoms with van der Waals surface area (Å²) < 4.78 is 21.7. The normalized spacial score (nSPS) is 42.0. The molecule has 0 spiro atoms. The summed E-state index contributed by atoms with van der Waals surface area (Å²) in [4.78, 5) is 23.1. The molecule has 2 fully saturated rings. The lowest BCUT2D eigenvalue weighted by molar-refractivity contribution is -0.256. The number of carbonyl (C=O) groups excluding carboxylic acids is 1. The Balaban J connectivity index is 2.18. The predicted octanol–water partition coefficient (Wildman–Crippen LogP) is -3.00. The van der Waals surface area contributed by atoms with Crippen molar-refractivity contribution in [2.24, 2.45) is 0 Å². The van der Waals surface area contributed by atoms with Gasteiger partial charge in [-0.2, -0.15) is 0 Å². The number of methoxy groups -OCH3 is 1. The van der Waals surface area contributed by atoms with Crippen LogP contribution in [0.5, 0.6) is 0 Å². The number of amides is 1. The first-order valence-electron chi connectivity index (χ1n) is 9.76. The summed E-state index contributed by atoms with van der Waals surface area (Å²) in [6.45, 7) is 2.21. The minimum Gasteiger partial charge on any atom is -0.479 e. The maximum atomic E-state index is 11.6. The van der Waals surface area contributed by atoms with Gasteiger partial charge in [-0.3, -0.25) is 4.79 Å². The van der Waals surface area contributed by atoms with Crippen molar-refractivity contribution in [1.82, 2.24) is 5.32 Å². The molecule has 12 nitrogen and oxygen atoms in total. The Labute approximate surface area is 173 Å². The molecule has 4 unspecified atom stereocenters. The van der Waals surface area contributed by atoms with Crippen molar-refractivity contribution in [2.75, 3.05) is 20.3 Å². The Morgan fingerprint density at radius 2 is 1.67 bits per heavy atom. The Morgan fingerprint density at radius 3 is 2.17 bits per heavy atom. The molecule has 0 aromatic heterocycles. The molecule has 0 radical (unpaired) electrons. The number of hydrogen-bond donors (Lipinski definition) is 6. The minimum absolute atomic E-state index is 0.386. The molecular weight excluding hydrogens is 406 g/mol. The van der Waals surface area contributed by atoms with E-state index < -0.39 is 80.2 Å². The van der Waals surface area contributed by atoms with E-state index in [0.717, 1.165) is 0 Å². The number of ether oxygens (including phenoxy) is 4. The van der Waals surface area contributed by atoms with Crippen LogP contribution in [-0.2, 0) is 28.5 Å². The lowest BCUT2D eigenvalue weighted by Gasteiger charge is -2.45. The summed E-state index contributed by atoms with van der Waals surface area (Å²) in [5.74, 6) is -1.77. The highest BCUT2D eigenvalue weighted by Crippen LogP contribution is 2.28. The summed E-state index contributed by atoms with van der Waals surface area (Å²) >= 11 is 0. The van der Waals surface area contributed by atoms with Crippen molar-refractivity contribution >= 4 is 11.9 Å². The molecule has 0 saturated carbocycles. The molecule has 0 bridgehead atoms. The number of aliphatic carboxylic acids is 1. The topological polar surface area (TPSA) is 184 Å². The van der Waals surface area contributed by atoms with E-state index in [4.69, 9.17) is 18.9 Å².